The standard InChI is InChI=1S/C20H29BrNO3.HI/c1-22-10-4-3-7-18(22)16(6-5-11-22)14-25-20(23)13-15-8-9-19(24-2)17(21)12-15;/h8-9,12,16,18H,3-7,10-11,13-14H2,1-2H3;1H/q+1;/p-1/t16-,18+,22?;/m1./s1. The maximum Gasteiger partial charge on any atom is 0.310 e. The van der Waals surface area contributed by atoms with Gasteiger partial charge in [-0.2, -0.15) is 0 Å². The van der Waals surface area contributed by atoms with Crippen molar-refractivity contribution in [1.29, 1.82) is 0 Å². The largest absolute Gasteiger partial charge is 1.00 e. The number of esters is 1. The van der Waals surface area contributed by atoms with Crippen molar-refractivity contribution in [2.45, 2.75) is 44.6 Å². The van der Waals surface area contributed by atoms with E-state index in [-0.39, 0.29) is 29.9 Å². The highest BCUT2D eigenvalue weighted by molar-refractivity contribution is 9.10. The molecule has 1 unspecified atom stereocenters. The molecule has 1 aromatic rings. The fourth-order valence-corrected chi connectivity index (χ4v) is 5.25. The molecule has 2 aliphatic heterocycles. The summed E-state index contributed by atoms with van der Waals surface area (Å²) in [6, 6.07) is 6.39. The highest BCUT2D eigenvalue weighted by atomic mass is 127. The summed E-state index contributed by atoms with van der Waals surface area (Å²) in [7, 11) is 4.03. The number of rotatable bonds is 5. The van der Waals surface area contributed by atoms with Gasteiger partial charge in [0.1, 0.15) is 5.75 Å². The second-order valence-corrected chi connectivity index (χ2v) is 8.58. The molecule has 0 saturated carbocycles. The molecule has 2 aliphatic rings. The summed E-state index contributed by atoms with van der Waals surface area (Å²) >= 11 is 3.46. The first-order valence-electron chi connectivity index (χ1n) is 9.34. The molecule has 0 radical (unpaired) electrons. The average Bonchev–Trinajstić information content (AvgIpc) is 2.59. The van der Waals surface area contributed by atoms with Crippen LogP contribution in [0.15, 0.2) is 22.7 Å². The molecule has 0 spiro atoms. The average molecular weight is 538 g/mol. The van der Waals surface area contributed by atoms with E-state index in [4.69, 9.17) is 9.47 Å². The van der Waals surface area contributed by atoms with Gasteiger partial charge in [0.15, 0.2) is 0 Å². The number of carbonyl (C=O) groups excluding carboxylic acids is 1. The lowest BCUT2D eigenvalue weighted by molar-refractivity contribution is -0.947. The van der Waals surface area contributed by atoms with Crippen LogP contribution in [0.3, 0.4) is 0 Å². The second-order valence-electron chi connectivity index (χ2n) is 7.72. The minimum Gasteiger partial charge on any atom is -1.00 e. The Morgan fingerprint density at radius 3 is 2.73 bits per heavy atom. The van der Waals surface area contributed by atoms with E-state index in [1.807, 2.05) is 18.2 Å². The minimum atomic E-state index is -0.132. The van der Waals surface area contributed by atoms with Crippen LogP contribution in [0.4, 0.5) is 0 Å². The third-order valence-corrected chi connectivity index (χ3v) is 6.65. The zero-order valence-electron chi connectivity index (χ0n) is 15.7. The molecule has 2 saturated heterocycles. The number of benzene rings is 1. The zero-order valence-corrected chi connectivity index (χ0v) is 19.4. The number of ether oxygens (including phenoxy) is 2. The van der Waals surface area contributed by atoms with Gasteiger partial charge in [-0.25, -0.2) is 0 Å². The first-order valence-corrected chi connectivity index (χ1v) is 10.1. The van der Waals surface area contributed by atoms with E-state index in [1.54, 1.807) is 7.11 Å². The Morgan fingerprint density at radius 2 is 2.00 bits per heavy atom. The molecule has 0 bridgehead atoms. The molecule has 0 N–H and O–H groups in total. The number of fused-ring (bicyclic) bond motifs is 1. The number of hydrogen-bond acceptors (Lipinski definition) is 3. The highest BCUT2D eigenvalue weighted by Crippen LogP contribution is 2.36. The summed E-state index contributed by atoms with van der Waals surface area (Å²) in [5, 5.41) is 0. The van der Waals surface area contributed by atoms with Crippen molar-refractivity contribution >= 4 is 21.9 Å². The van der Waals surface area contributed by atoms with Crippen molar-refractivity contribution in [2.75, 3.05) is 33.9 Å². The second kappa shape index (κ2) is 9.73. The summed E-state index contributed by atoms with van der Waals surface area (Å²) < 4.78 is 13.0. The van der Waals surface area contributed by atoms with Crippen molar-refractivity contribution < 1.29 is 42.7 Å². The Balaban J connectivity index is 0.00000243. The summed E-state index contributed by atoms with van der Waals surface area (Å²) in [6.45, 7) is 3.15. The first-order chi connectivity index (χ1) is 12.0. The third-order valence-electron chi connectivity index (χ3n) is 6.03. The lowest BCUT2D eigenvalue weighted by atomic mass is 9.82. The van der Waals surface area contributed by atoms with Gasteiger partial charge in [0.2, 0.25) is 0 Å². The van der Waals surface area contributed by atoms with Crippen LogP contribution in [0.2, 0.25) is 0 Å². The van der Waals surface area contributed by atoms with Crippen molar-refractivity contribution in [1.82, 2.24) is 0 Å². The number of carbonyl (C=O) groups is 1. The van der Waals surface area contributed by atoms with Crippen LogP contribution in [0.1, 0.15) is 37.7 Å². The van der Waals surface area contributed by atoms with Crippen molar-refractivity contribution in [3.05, 3.63) is 28.2 Å². The van der Waals surface area contributed by atoms with Gasteiger partial charge in [-0.3, -0.25) is 4.79 Å². The third kappa shape index (κ3) is 5.13. The molecule has 0 aliphatic carbocycles. The SMILES string of the molecule is COc1ccc(CC(=O)OC[C@H]2CCC[N+]3(C)CCCC[C@@H]23)cc1Br.[I-]. The lowest BCUT2D eigenvalue weighted by Crippen LogP contribution is -3.00. The molecular weight excluding hydrogens is 509 g/mol. The first kappa shape index (κ1) is 22.0. The quantitative estimate of drug-likeness (QED) is 0.319. The Labute approximate surface area is 182 Å². The van der Waals surface area contributed by atoms with E-state index in [0.717, 1.165) is 15.8 Å². The van der Waals surface area contributed by atoms with E-state index >= 15 is 0 Å². The van der Waals surface area contributed by atoms with Crippen LogP contribution >= 0.6 is 15.9 Å². The molecule has 6 heteroatoms. The molecule has 2 fully saturated rings. The Morgan fingerprint density at radius 1 is 1.23 bits per heavy atom. The van der Waals surface area contributed by atoms with E-state index in [9.17, 15) is 4.79 Å². The van der Waals surface area contributed by atoms with Gasteiger partial charge in [-0.1, -0.05) is 6.07 Å². The lowest BCUT2D eigenvalue weighted by Gasteiger charge is -2.51. The van der Waals surface area contributed by atoms with Crippen molar-refractivity contribution in [3.63, 3.8) is 0 Å². The zero-order chi connectivity index (χ0) is 17.9. The number of nitrogens with zero attached hydrogens (tertiary/aromatic N) is 1. The van der Waals surface area contributed by atoms with E-state index in [2.05, 4.69) is 23.0 Å². The Kier molecular flexibility index (Phi) is 8.22. The number of quaternary nitrogens is 1. The van der Waals surface area contributed by atoms with Gasteiger partial charge in [0.25, 0.3) is 0 Å². The Hall–Kier alpha value is -0.340. The van der Waals surface area contributed by atoms with E-state index < -0.39 is 0 Å². The van der Waals surface area contributed by atoms with Crippen LogP contribution in [0, 0.1) is 5.92 Å². The van der Waals surface area contributed by atoms with E-state index in [1.165, 1.54) is 49.7 Å². The maximum absolute atomic E-state index is 12.3. The topological polar surface area (TPSA) is 35.5 Å². The molecule has 0 aromatic heterocycles. The number of halogens is 2. The van der Waals surface area contributed by atoms with Crippen LogP contribution < -0.4 is 28.7 Å². The molecular formula is C20H29BrINO3. The molecule has 1 aromatic carbocycles. The normalized spacial score (nSPS) is 27.8. The predicted molar refractivity (Wildman–Crippen MR) is 102 cm³/mol. The minimum absolute atomic E-state index is 0. The monoisotopic (exact) mass is 537 g/mol. The Bertz CT molecular complexity index is 623. The van der Waals surface area contributed by atoms with Gasteiger partial charge in [-0.05, 0) is 59.3 Å². The summed E-state index contributed by atoms with van der Waals surface area (Å²) in [6.07, 6.45) is 6.70. The summed E-state index contributed by atoms with van der Waals surface area (Å²) in [5.74, 6) is 1.16. The van der Waals surface area contributed by atoms with E-state index in [0.29, 0.717) is 25.0 Å². The van der Waals surface area contributed by atoms with Gasteiger partial charge in [0, 0.05) is 12.3 Å². The van der Waals surface area contributed by atoms with Crippen molar-refractivity contribution in [2.24, 2.45) is 5.92 Å². The fraction of sp³-hybridized carbons (Fsp3) is 0.650. The summed E-state index contributed by atoms with van der Waals surface area (Å²) in [5.41, 5.74) is 0.944. The predicted octanol–water partition coefficient (Wildman–Crippen LogP) is 0.957. The van der Waals surface area contributed by atoms with Crippen LogP contribution in [-0.2, 0) is 16.0 Å². The van der Waals surface area contributed by atoms with Crippen LogP contribution in [-0.4, -0.2) is 50.3 Å². The van der Waals surface area contributed by atoms with Gasteiger partial charge in [0.05, 0.1) is 50.8 Å². The smallest absolute Gasteiger partial charge is 0.310 e. The number of methoxy groups -OCH3 is 1. The van der Waals surface area contributed by atoms with Crippen LogP contribution in [0.25, 0.3) is 0 Å². The molecule has 0 amide bonds. The van der Waals surface area contributed by atoms with Crippen LogP contribution in [0.5, 0.6) is 5.75 Å². The number of piperidine rings is 2. The molecule has 2 heterocycles. The molecule has 3 rings (SSSR count). The summed E-state index contributed by atoms with van der Waals surface area (Å²) in [4.78, 5) is 12.3. The molecule has 26 heavy (non-hydrogen) atoms. The maximum atomic E-state index is 12.3. The number of hydrogen-bond donors (Lipinski definition) is 0. The van der Waals surface area contributed by atoms with Gasteiger partial charge >= 0.3 is 5.97 Å². The molecule has 3 atom stereocenters. The fourth-order valence-electron chi connectivity index (χ4n) is 4.67. The molecule has 4 nitrogen and oxygen atoms in total. The highest BCUT2D eigenvalue weighted by Gasteiger charge is 2.43. The van der Waals surface area contributed by atoms with Crippen molar-refractivity contribution in [3.8, 4) is 5.75 Å². The van der Waals surface area contributed by atoms with Gasteiger partial charge in [-0.15, -0.1) is 0 Å². The molecule has 146 valence electrons. The van der Waals surface area contributed by atoms with Gasteiger partial charge < -0.3 is 37.9 Å².